The molecule has 0 bridgehead atoms. The normalized spacial score (nSPS) is 26.6. The van der Waals surface area contributed by atoms with E-state index in [0.29, 0.717) is 46.4 Å². The van der Waals surface area contributed by atoms with Crippen molar-refractivity contribution in [1.29, 1.82) is 0 Å². The molecule has 2 aromatic rings. The molecule has 8 nitrogen and oxygen atoms in total. The maximum absolute atomic E-state index is 12.4. The third-order valence-electron chi connectivity index (χ3n) is 4.95. The van der Waals surface area contributed by atoms with Crippen molar-refractivity contribution in [2.24, 2.45) is 0 Å². The zero-order chi connectivity index (χ0) is 17.3. The van der Waals surface area contributed by atoms with Crippen molar-refractivity contribution in [3.8, 4) is 11.5 Å². The number of carbonyl (C=O) groups is 1. The quantitative estimate of drug-likeness (QED) is 0.604. The zero-order valence-corrected chi connectivity index (χ0v) is 13.2. The Kier molecular flexibility index (Phi) is 2.93. The van der Waals surface area contributed by atoms with Gasteiger partial charge >= 0.3 is 11.6 Å². The molecule has 25 heavy (non-hydrogen) atoms. The second-order valence-electron chi connectivity index (χ2n) is 6.24. The summed E-state index contributed by atoms with van der Waals surface area (Å²) in [5, 5.41) is 10.3. The number of aliphatic hydroxyl groups is 1. The van der Waals surface area contributed by atoms with Gasteiger partial charge in [-0.05, 0) is 5.56 Å². The molecule has 0 saturated carbocycles. The Labute approximate surface area is 140 Å². The molecule has 0 aliphatic carbocycles. The lowest BCUT2D eigenvalue weighted by atomic mass is 9.92. The van der Waals surface area contributed by atoms with Crippen LogP contribution in [0.3, 0.4) is 0 Å². The first kappa shape index (κ1) is 14.7. The topological polar surface area (TPSA) is 104 Å². The summed E-state index contributed by atoms with van der Waals surface area (Å²) in [7, 11) is 1.50. The van der Waals surface area contributed by atoms with E-state index in [2.05, 4.69) is 0 Å². The molecule has 1 aromatic heterocycles. The first-order valence-electron chi connectivity index (χ1n) is 7.96. The van der Waals surface area contributed by atoms with Gasteiger partial charge in [0.2, 0.25) is 6.29 Å². The SMILES string of the molecule is COc1cc2c(c3oc(=O)c4c(c13)CCOC4=O)C1CC(O)OC1O2. The second-order valence-corrected chi connectivity index (χ2v) is 6.24. The number of carbonyl (C=O) groups excluding carboxylic acids is 1. The number of esters is 1. The van der Waals surface area contributed by atoms with Crippen LogP contribution in [-0.4, -0.2) is 37.4 Å². The van der Waals surface area contributed by atoms with Crippen LogP contribution in [0.15, 0.2) is 15.3 Å². The van der Waals surface area contributed by atoms with Gasteiger partial charge in [-0.15, -0.1) is 0 Å². The largest absolute Gasteiger partial charge is 0.496 e. The van der Waals surface area contributed by atoms with Crippen molar-refractivity contribution in [1.82, 2.24) is 0 Å². The molecule has 3 aliphatic heterocycles. The van der Waals surface area contributed by atoms with Crippen LogP contribution < -0.4 is 15.1 Å². The van der Waals surface area contributed by atoms with Crippen LogP contribution in [0.5, 0.6) is 11.5 Å². The summed E-state index contributed by atoms with van der Waals surface area (Å²) in [5.74, 6) is 0.0000520. The van der Waals surface area contributed by atoms with E-state index in [1.807, 2.05) is 0 Å². The Morgan fingerprint density at radius 3 is 2.96 bits per heavy atom. The van der Waals surface area contributed by atoms with Gasteiger partial charge in [0, 0.05) is 24.5 Å². The molecule has 1 saturated heterocycles. The fraction of sp³-hybridized carbons (Fsp3) is 0.412. The third kappa shape index (κ3) is 1.89. The van der Waals surface area contributed by atoms with Crippen molar-refractivity contribution in [2.45, 2.75) is 31.3 Å². The Balaban J connectivity index is 1.87. The standard InChI is InChI=1S/C17H14O8/c1-21-8-5-9-12(7-4-10(18)24-17(7)23-9)14-11(8)6-2-3-22-15(19)13(6)16(20)25-14/h5,7,10,17-18H,2-4H2,1H3. The molecule has 8 heteroatoms. The van der Waals surface area contributed by atoms with Crippen molar-refractivity contribution in [2.75, 3.05) is 13.7 Å². The summed E-state index contributed by atoms with van der Waals surface area (Å²) in [6.07, 6.45) is -0.833. The number of hydrogen-bond acceptors (Lipinski definition) is 8. The molecule has 4 heterocycles. The minimum absolute atomic E-state index is 0.0878. The lowest BCUT2D eigenvalue weighted by Crippen LogP contribution is -2.26. The minimum atomic E-state index is -0.931. The Morgan fingerprint density at radius 1 is 1.32 bits per heavy atom. The fourth-order valence-electron chi connectivity index (χ4n) is 3.92. The van der Waals surface area contributed by atoms with Gasteiger partial charge in [-0.1, -0.05) is 0 Å². The Hall–Kier alpha value is -2.58. The van der Waals surface area contributed by atoms with Crippen molar-refractivity contribution >= 4 is 16.9 Å². The van der Waals surface area contributed by atoms with E-state index in [4.69, 9.17) is 23.4 Å². The monoisotopic (exact) mass is 346 g/mol. The first-order valence-corrected chi connectivity index (χ1v) is 7.96. The van der Waals surface area contributed by atoms with Crippen LogP contribution >= 0.6 is 0 Å². The number of benzene rings is 1. The van der Waals surface area contributed by atoms with Crippen LogP contribution in [0, 0.1) is 0 Å². The number of fused-ring (bicyclic) bond motifs is 7. The number of cyclic esters (lactones) is 1. The maximum Gasteiger partial charge on any atom is 0.351 e. The van der Waals surface area contributed by atoms with Gasteiger partial charge in [0.1, 0.15) is 22.6 Å². The lowest BCUT2D eigenvalue weighted by Gasteiger charge is -2.19. The van der Waals surface area contributed by atoms with Crippen LogP contribution in [0.25, 0.3) is 11.0 Å². The highest BCUT2D eigenvalue weighted by molar-refractivity contribution is 6.01. The molecule has 3 unspecified atom stereocenters. The number of methoxy groups -OCH3 is 1. The molecule has 0 amide bonds. The van der Waals surface area contributed by atoms with Gasteiger partial charge in [0.15, 0.2) is 6.29 Å². The first-order chi connectivity index (χ1) is 12.1. The molecular weight excluding hydrogens is 332 g/mol. The molecule has 0 spiro atoms. The maximum atomic E-state index is 12.4. The summed E-state index contributed by atoms with van der Waals surface area (Å²) in [6.45, 7) is 0.189. The van der Waals surface area contributed by atoms with Gasteiger partial charge in [-0.25, -0.2) is 9.59 Å². The fourth-order valence-corrected chi connectivity index (χ4v) is 3.92. The summed E-state index contributed by atoms with van der Waals surface area (Å²) in [4.78, 5) is 24.4. The summed E-state index contributed by atoms with van der Waals surface area (Å²) in [6, 6.07) is 1.70. The van der Waals surface area contributed by atoms with E-state index in [9.17, 15) is 14.7 Å². The number of ether oxygens (including phenoxy) is 4. The molecule has 5 rings (SSSR count). The minimum Gasteiger partial charge on any atom is -0.496 e. The number of rotatable bonds is 1. The number of aliphatic hydroxyl groups excluding tert-OH is 1. The van der Waals surface area contributed by atoms with E-state index in [-0.39, 0.29) is 18.1 Å². The van der Waals surface area contributed by atoms with Gasteiger partial charge in [-0.3, -0.25) is 0 Å². The van der Waals surface area contributed by atoms with E-state index >= 15 is 0 Å². The predicted octanol–water partition coefficient (Wildman–Crippen LogP) is 1.06. The zero-order valence-electron chi connectivity index (χ0n) is 13.2. The van der Waals surface area contributed by atoms with Crippen molar-refractivity contribution < 1.29 is 33.3 Å². The third-order valence-corrected chi connectivity index (χ3v) is 4.95. The van der Waals surface area contributed by atoms with Crippen LogP contribution in [0.2, 0.25) is 0 Å². The van der Waals surface area contributed by atoms with E-state index < -0.39 is 24.2 Å². The summed E-state index contributed by atoms with van der Waals surface area (Å²) >= 11 is 0. The van der Waals surface area contributed by atoms with Crippen LogP contribution in [0.1, 0.15) is 33.8 Å². The van der Waals surface area contributed by atoms with Gasteiger partial charge in [-0.2, -0.15) is 0 Å². The summed E-state index contributed by atoms with van der Waals surface area (Å²) in [5.41, 5.74) is 0.708. The van der Waals surface area contributed by atoms with Gasteiger partial charge in [0.25, 0.3) is 0 Å². The van der Waals surface area contributed by atoms with E-state index in [1.165, 1.54) is 7.11 Å². The molecule has 130 valence electrons. The molecule has 3 aliphatic rings. The lowest BCUT2D eigenvalue weighted by molar-refractivity contribution is -0.147. The van der Waals surface area contributed by atoms with Crippen molar-refractivity contribution in [3.05, 3.63) is 33.2 Å². The molecule has 1 aromatic carbocycles. The highest BCUT2D eigenvalue weighted by Gasteiger charge is 2.46. The highest BCUT2D eigenvalue weighted by Crippen LogP contribution is 2.51. The van der Waals surface area contributed by atoms with E-state index in [1.54, 1.807) is 6.07 Å². The van der Waals surface area contributed by atoms with Crippen molar-refractivity contribution in [3.63, 3.8) is 0 Å². The predicted molar refractivity (Wildman–Crippen MR) is 81.9 cm³/mol. The molecule has 1 fully saturated rings. The van der Waals surface area contributed by atoms with E-state index in [0.717, 1.165) is 0 Å². The Morgan fingerprint density at radius 2 is 2.16 bits per heavy atom. The second kappa shape index (κ2) is 4.96. The van der Waals surface area contributed by atoms with Crippen LogP contribution in [0.4, 0.5) is 0 Å². The average Bonchev–Trinajstić information content (AvgIpc) is 3.09. The molecular formula is C17H14O8. The molecule has 1 N–H and O–H groups in total. The van der Waals surface area contributed by atoms with Gasteiger partial charge < -0.3 is 28.5 Å². The smallest absolute Gasteiger partial charge is 0.351 e. The van der Waals surface area contributed by atoms with Gasteiger partial charge in [0.05, 0.1) is 25.0 Å². The Bertz CT molecular complexity index is 975. The summed E-state index contributed by atoms with van der Waals surface area (Å²) < 4.78 is 27.0. The van der Waals surface area contributed by atoms with Crippen LogP contribution in [-0.2, 0) is 15.9 Å². The number of hydrogen-bond donors (Lipinski definition) is 1. The molecule has 3 atom stereocenters. The molecule has 0 radical (unpaired) electrons. The highest BCUT2D eigenvalue weighted by atomic mass is 16.7. The average molecular weight is 346 g/mol.